The highest BCUT2D eigenvalue weighted by atomic mass is 15.1. The van der Waals surface area contributed by atoms with Crippen LogP contribution in [0.15, 0.2) is 6.20 Å². The number of aromatic amines is 1. The zero-order chi connectivity index (χ0) is 12.9. The van der Waals surface area contributed by atoms with Crippen molar-refractivity contribution in [1.82, 2.24) is 15.5 Å². The van der Waals surface area contributed by atoms with Gasteiger partial charge in [0.05, 0.1) is 6.20 Å². The SMILES string of the molecule is CCNCc1cn[nH]c1C12CC3CC(CC(C3)C1)C2. The van der Waals surface area contributed by atoms with Crippen LogP contribution < -0.4 is 5.32 Å². The molecule has 3 heteroatoms. The average molecular weight is 259 g/mol. The molecule has 1 aromatic rings. The van der Waals surface area contributed by atoms with E-state index >= 15 is 0 Å². The van der Waals surface area contributed by atoms with Crippen LogP contribution >= 0.6 is 0 Å². The van der Waals surface area contributed by atoms with Crippen molar-refractivity contribution in [3.8, 4) is 0 Å². The molecule has 4 bridgehead atoms. The van der Waals surface area contributed by atoms with Crippen LogP contribution in [0.1, 0.15) is 56.7 Å². The maximum atomic E-state index is 4.37. The van der Waals surface area contributed by atoms with Crippen LogP contribution in [0.5, 0.6) is 0 Å². The lowest BCUT2D eigenvalue weighted by molar-refractivity contribution is -0.00764. The summed E-state index contributed by atoms with van der Waals surface area (Å²) in [5, 5.41) is 11.2. The van der Waals surface area contributed by atoms with Crippen molar-refractivity contribution in [2.24, 2.45) is 17.8 Å². The van der Waals surface area contributed by atoms with E-state index in [0.29, 0.717) is 5.41 Å². The zero-order valence-corrected chi connectivity index (χ0v) is 11.9. The molecule has 2 N–H and O–H groups in total. The van der Waals surface area contributed by atoms with E-state index in [0.717, 1.165) is 30.8 Å². The molecule has 4 saturated carbocycles. The summed E-state index contributed by atoms with van der Waals surface area (Å²) in [5.41, 5.74) is 3.35. The molecule has 4 aliphatic carbocycles. The average Bonchev–Trinajstić information content (AvgIpc) is 2.83. The standard InChI is InChI=1S/C16H25N3/c1-2-17-9-14-10-18-19-15(14)16-6-11-3-12(7-16)5-13(4-11)8-16/h10-13,17H,2-9H2,1H3,(H,18,19). The molecule has 4 fully saturated rings. The topological polar surface area (TPSA) is 40.7 Å². The first-order valence-electron chi connectivity index (χ1n) is 8.02. The molecule has 0 atom stereocenters. The first kappa shape index (κ1) is 12.0. The summed E-state index contributed by atoms with van der Waals surface area (Å²) >= 11 is 0. The Kier molecular flexibility index (Phi) is 2.73. The van der Waals surface area contributed by atoms with Gasteiger partial charge in [0, 0.05) is 23.2 Å². The molecule has 0 spiro atoms. The van der Waals surface area contributed by atoms with E-state index in [1.165, 1.54) is 49.8 Å². The van der Waals surface area contributed by atoms with E-state index in [2.05, 4.69) is 28.6 Å². The van der Waals surface area contributed by atoms with Crippen molar-refractivity contribution in [1.29, 1.82) is 0 Å². The maximum Gasteiger partial charge on any atom is 0.0535 e. The highest BCUT2D eigenvalue weighted by Gasteiger charge is 2.52. The normalized spacial score (nSPS) is 39.9. The molecule has 0 amide bonds. The first-order valence-corrected chi connectivity index (χ1v) is 8.02. The molecule has 0 unspecified atom stereocenters. The van der Waals surface area contributed by atoms with Gasteiger partial charge in [0.2, 0.25) is 0 Å². The molecular formula is C16H25N3. The van der Waals surface area contributed by atoms with Gasteiger partial charge >= 0.3 is 0 Å². The number of hydrogen-bond acceptors (Lipinski definition) is 2. The lowest BCUT2D eigenvalue weighted by atomic mass is 9.48. The van der Waals surface area contributed by atoms with Gasteiger partial charge in [-0.3, -0.25) is 5.10 Å². The lowest BCUT2D eigenvalue weighted by Crippen LogP contribution is -2.49. The van der Waals surface area contributed by atoms with Gasteiger partial charge in [-0.2, -0.15) is 5.10 Å². The van der Waals surface area contributed by atoms with Gasteiger partial charge in [-0.25, -0.2) is 0 Å². The summed E-state index contributed by atoms with van der Waals surface area (Å²) in [7, 11) is 0. The van der Waals surface area contributed by atoms with Gasteiger partial charge in [-0.1, -0.05) is 6.92 Å². The summed E-state index contributed by atoms with van der Waals surface area (Å²) in [6.07, 6.45) is 10.8. The molecular weight excluding hydrogens is 234 g/mol. The second-order valence-corrected chi connectivity index (χ2v) is 7.25. The Bertz CT molecular complexity index is 427. The van der Waals surface area contributed by atoms with Crippen LogP contribution in [-0.4, -0.2) is 16.7 Å². The fourth-order valence-electron chi connectivity index (χ4n) is 5.58. The van der Waals surface area contributed by atoms with E-state index < -0.39 is 0 Å². The quantitative estimate of drug-likeness (QED) is 0.872. The van der Waals surface area contributed by atoms with E-state index in [1.807, 2.05) is 0 Å². The van der Waals surface area contributed by atoms with Crippen molar-refractivity contribution >= 4 is 0 Å². The number of nitrogens with one attached hydrogen (secondary N) is 2. The van der Waals surface area contributed by atoms with Gasteiger partial charge in [-0.15, -0.1) is 0 Å². The Labute approximate surface area is 115 Å². The van der Waals surface area contributed by atoms with Crippen LogP contribution in [0.4, 0.5) is 0 Å². The summed E-state index contributed by atoms with van der Waals surface area (Å²) in [6.45, 7) is 4.18. The van der Waals surface area contributed by atoms with Crippen molar-refractivity contribution in [2.45, 2.75) is 57.4 Å². The predicted octanol–water partition coefficient (Wildman–Crippen LogP) is 2.99. The van der Waals surface area contributed by atoms with E-state index in [1.54, 1.807) is 0 Å². The van der Waals surface area contributed by atoms with Gasteiger partial charge in [0.1, 0.15) is 0 Å². The van der Waals surface area contributed by atoms with Gasteiger partial charge < -0.3 is 5.32 Å². The Morgan fingerprint density at radius 2 is 1.84 bits per heavy atom. The molecule has 5 rings (SSSR count). The Balaban J connectivity index is 1.66. The molecule has 19 heavy (non-hydrogen) atoms. The molecule has 1 heterocycles. The van der Waals surface area contributed by atoms with E-state index in [9.17, 15) is 0 Å². The third kappa shape index (κ3) is 1.85. The molecule has 0 aromatic carbocycles. The number of rotatable bonds is 4. The summed E-state index contributed by atoms with van der Waals surface area (Å²) in [5.74, 6) is 3.00. The smallest absolute Gasteiger partial charge is 0.0535 e. The molecule has 0 aliphatic heterocycles. The highest BCUT2D eigenvalue weighted by Crippen LogP contribution is 2.60. The second-order valence-electron chi connectivity index (χ2n) is 7.25. The lowest BCUT2D eigenvalue weighted by Gasteiger charge is -2.56. The fraction of sp³-hybridized carbons (Fsp3) is 0.812. The summed E-state index contributed by atoms with van der Waals surface area (Å²) < 4.78 is 0. The minimum absolute atomic E-state index is 0.454. The van der Waals surface area contributed by atoms with Crippen LogP contribution in [0.3, 0.4) is 0 Å². The Morgan fingerprint density at radius 1 is 1.21 bits per heavy atom. The minimum atomic E-state index is 0.454. The molecule has 4 aliphatic rings. The largest absolute Gasteiger partial charge is 0.313 e. The van der Waals surface area contributed by atoms with E-state index in [-0.39, 0.29) is 0 Å². The van der Waals surface area contributed by atoms with Crippen molar-refractivity contribution in [3.63, 3.8) is 0 Å². The maximum absolute atomic E-state index is 4.37. The third-order valence-electron chi connectivity index (χ3n) is 5.85. The summed E-state index contributed by atoms with van der Waals surface area (Å²) in [4.78, 5) is 0. The second kappa shape index (κ2) is 4.34. The zero-order valence-electron chi connectivity index (χ0n) is 11.9. The van der Waals surface area contributed by atoms with E-state index in [4.69, 9.17) is 0 Å². The molecule has 0 radical (unpaired) electrons. The number of nitrogens with zero attached hydrogens (tertiary/aromatic N) is 1. The van der Waals surface area contributed by atoms with Gasteiger partial charge in [0.25, 0.3) is 0 Å². The molecule has 1 aromatic heterocycles. The Hall–Kier alpha value is -0.830. The number of H-pyrrole nitrogens is 1. The highest BCUT2D eigenvalue weighted by molar-refractivity contribution is 5.29. The van der Waals surface area contributed by atoms with Crippen LogP contribution in [0.25, 0.3) is 0 Å². The molecule has 3 nitrogen and oxygen atoms in total. The third-order valence-corrected chi connectivity index (χ3v) is 5.85. The van der Waals surface area contributed by atoms with Gasteiger partial charge in [0.15, 0.2) is 0 Å². The van der Waals surface area contributed by atoms with Crippen molar-refractivity contribution in [3.05, 3.63) is 17.5 Å². The number of hydrogen-bond donors (Lipinski definition) is 2. The van der Waals surface area contributed by atoms with Crippen molar-refractivity contribution < 1.29 is 0 Å². The van der Waals surface area contributed by atoms with Crippen LogP contribution in [0, 0.1) is 17.8 Å². The predicted molar refractivity (Wildman–Crippen MR) is 75.8 cm³/mol. The molecule has 0 saturated heterocycles. The summed E-state index contributed by atoms with van der Waals surface area (Å²) in [6, 6.07) is 0. The molecule has 104 valence electrons. The van der Waals surface area contributed by atoms with Crippen LogP contribution in [-0.2, 0) is 12.0 Å². The monoisotopic (exact) mass is 259 g/mol. The van der Waals surface area contributed by atoms with Gasteiger partial charge in [-0.05, 0) is 62.8 Å². The van der Waals surface area contributed by atoms with Crippen LogP contribution in [0.2, 0.25) is 0 Å². The van der Waals surface area contributed by atoms with Crippen molar-refractivity contribution in [2.75, 3.05) is 6.54 Å². The Morgan fingerprint density at radius 3 is 2.42 bits per heavy atom. The minimum Gasteiger partial charge on any atom is -0.313 e. The fourth-order valence-corrected chi connectivity index (χ4v) is 5.58. The first-order chi connectivity index (χ1) is 9.29. The number of aromatic nitrogens is 2.